The summed E-state index contributed by atoms with van der Waals surface area (Å²) in [6.07, 6.45) is 8.37. The highest BCUT2D eigenvalue weighted by molar-refractivity contribution is 6.74. The van der Waals surface area contributed by atoms with E-state index < -0.39 is 8.32 Å². The van der Waals surface area contributed by atoms with Crippen molar-refractivity contribution >= 4 is 19.9 Å². The lowest BCUT2D eigenvalue weighted by Crippen LogP contribution is -2.46. The van der Waals surface area contributed by atoms with Crippen LogP contribution < -0.4 is 9.64 Å². The second-order valence-corrected chi connectivity index (χ2v) is 18.5. The molecule has 0 heterocycles. The predicted molar refractivity (Wildman–Crippen MR) is 167 cm³/mol. The molecule has 0 radical (unpaired) electrons. The molecular weight excluding hydrogens is 514 g/mol. The zero-order chi connectivity index (χ0) is 29.1. The van der Waals surface area contributed by atoms with E-state index in [-0.39, 0.29) is 28.7 Å². The molecule has 1 N–H and O–H groups in total. The smallest absolute Gasteiger partial charge is 0.230 e. The fourth-order valence-electron chi connectivity index (χ4n) is 6.32. The third-order valence-electron chi connectivity index (χ3n) is 9.88. The minimum absolute atomic E-state index is 0.0141. The normalized spacial score (nSPS) is 24.0. The molecule has 2 aliphatic rings. The molecule has 1 amide bonds. The number of phenols is 1. The molecule has 0 saturated heterocycles. The summed E-state index contributed by atoms with van der Waals surface area (Å²) in [6, 6.07) is 13.8. The average molecular weight is 566 g/mol. The summed E-state index contributed by atoms with van der Waals surface area (Å²) < 4.78 is 12.1. The predicted octanol–water partition coefficient (Wildman–Crippen LogP) is 8.60. The monoisotopic (exact) mass is 565 g/mol. The van der Waals surface area contributed by atoms with Crippen LogP contribution in [-0.4, -0.2) is 39.1 Å². The summed E-state index contributed by atoms with van der Waals surface area (Å²) in [5.41, 5.74) is 3.40. The quantitative estimate of drug-likeness (QED) is 0.326. The fourth-order valence-corrected chi connectivity index (χ4v) is 7.74. The number of ether oxygens (including phenoxy) is 1. The van der Waals surface area contributed by atoms with Crippen LogP contribution in [0, 0.1) is 18.8 Å². The van der Waals surface area contributed by atoms with Crippen molar-refractivity contribution in [2.75, 3.05) is 18.6 Å². The minimum Gasteiger partial charge on any atom is -0.508 e. The van der Waals surface area contributed by atoms with Crippen LogP contribution in [0.15, 0.2) is 42.5 Å². The summed E-state index contributed by atoms with van der Waals surface area (Å²) in [5.74, 6) is 2.39. The molecule has 2 aromatic rings. The van der Waals surface area contributed by atoms with Gasteiger partial charge in [-0.1, -0.05) is 39.0 Å². The number of methoxy groups -OCH3 is 1. The highest BCUT2D eigenvalue weighted by atomic mass is 28.4. The third kappa shape index (κ3) is 7.30. The van der Waals surface area contributed by atoms with E-state index >= 15 is 0 Å². The highest BCUT2D eigenvalue weighted by Crippen LogP contribution is 2.41. The van der Waals surface area contributed by atoms with Crippen molar-refractivity contribution in [3.63, 3.8) is 0 Å². The summed E-state index contributed by atoms with van der Waals surface area (Å²) >= 11 is 0. The largest absolute Gasteiger partial charge is 0.508 e. The molecule has 220 valence electrons. The van der Waals surface area contributed by atoms with Crippen molar-refractivity contribution in [2.24, 2.45) is 11.8 Å². The lowest BCUT2D eigenvalue weighted by atomic mass is 9.78. The van der Waals surface area contributed by atoms with Gasteiger partial charge in [-0.25, -0.2) is 0 Å². The first-order valence-electron chi connectivity index (χ1n) is 15.3. The maximum absolute atomic E-state index is 14.0. The van der Waals surface area contributed by atoms with Gasteiger partial charge in [-0.2, -0.15) is 0 Å². The van der Waals surface area contributed by atoms with Crippen LogP contribution in [0.25, 0.3) is 0 Å². The Labute approximate surface area is 243 Å². The van der Waals surface area contributed by atoms with Gasteiger partial charge < -0.3 is 19.2 Å². The van der Waals surface area contributed by atoms with E-state index in [0.717, 1.165) is 69.3 Å². The van der Waals surface area contributed by atoms with E-state index in [0.29, 0.717) is 11.8 Å². The standard InChI is InChI=1S/C34H51NO4Si/c1-24-21-28(17-20-32(24)38-5)26-13-11-25(12-14-26)23-35(29-9-8-10-30(36)22-29)33(37)27-15-18-31(19-16-27)39-40(6,7)34(2,3)4/h8-10,17,20-22,25-27,31,36H,11-16,18-19,23H2,1-7H3. The molecular formula is C34H51NO4Si. The van der Waals surface area contributed by atoms with Crippen LogP contribution in [0.5, 0.6) is 11.5 Å². The van der Waals surface area contributed by atoms with E-state index in [1.165, 1.54) is 11.1 Å². The van der Waals surface area contributed by atoms with E-state index in [9.17, 15) is 9.90 Å². The van der Waals surface area contributed by atoms with Gasteiger partial charge in [-0.05, 0) is 118 Å². The summed E-state index contributed by atoms with van der Waals surface area (Å²) in [6.45, 7) is 14.3. The van der Waals surface area contributed by atoms with Crippen LogP contribution in [0.1, 0.15) is 89.2 Å². The van der Waals surface area contributed by atoms with Gasteiger partial charge in [0.1, 0.15) is 11.5 Å². The molecule has 4 rings (SSSR count). The number of hydrogen-bond donors (Lipinski definition) is 1. The Morgan fingerprint density at radius 2 is 1.65 bits per heavy atom. The summed E-state index contributed by atoms with van der Waals surface area (Å²) in [5, 5.41) is 10.4. The van der Waals surface area contributed by atoms with E-state index in [1.807, 2.05) is 17.0 Å². The third-order valence-corrected chi connectivity index (χ3v) is 14.4. The summed E-state index contributed by atoms with van der Waals surface area (Å²) in [7, 11) is -0.0958. The van der Waals surface area contributed by atoms with Crippen LogP contribution in [0.4, 0.5) is 5.69 Å². The van der Waals surface area contributed by atoms with Crippen LogP contribution >= 0.6 is 0 Å². The topological polar surface area (TPSA) is 59.0 Å². The Balaban J connectivity index is 1.40. The molecule has 2 fully saturated rings. The number of nitrogens with zero attached hydrogens (tertiary/aromatic N) is 1. The maximum atomic E-state index is 14.0. The maximum Gasteiger partial charge on any atom is 0.230 e. The Kier molecular flexibility index (Phi) is 9.72. The first-order chi connectivity index (χ1) is 18.9. The lowest BCUT2D eigenvalue weighted by molar-refractivity contribution is -0.124. The number of carbonyl (C=O) groups is 1. The van der Waals surface area contributed by atoms with Gasteiger partial charge in [0.25, 0.3) is 0 Å². The SMILES string of the molecule is COc1ccc(C2CCC(CN(C(=O)C3CCC(O[Si](C)(C)C(C)(C)C)CC3)c3cccc(O)c3)CC2)cc1C. The molecule has 0 atom stereocenters. The number of anilines is 1. The minimum atomic E-state index is -1.82. The lowest BCUT2D eigenvalue weighted by Gasteiger charge is -2.41. The first-order valence-corrected chi connectivity index (χ1v) is 18.2. The highest BCUT2D eigenvalue weighted by Gasteiger charge is 2.41. The average Bonchev–Trinajstić information content (AvgIpc) is 2.91. The number of amides is 1. The second kappa shape index (κ2) is 12.7. The Hall–Kier alpha value is -2.31. The van der Waals surface area contributed by atoms with Gasteiger partial charge >= 0.3 is 0 Å². The van der Waals surface area contributed by atoms with Crippen molar-refractivity contribution in [1.29, 1.82) is 0 Å². The van der Waals surface area contributed by atoms with Crippen LogP contribution in [0.3, 0.4) is 0 Å². The number of benzene rings is 2. The van der Waals surface area contributed by atoms with E-state index in [2.05, 4.69) is 59.0 Å². The molecule has 2 aromatic carbocycles. The molecule has 0 aliphatic heterocycles. The molecule has 40 heavy (non-hydrogen) atoms. The van der Waals surface area contributed by atoms with Gasteiger partial charge in [-0.3, -0.25) is 4.79 Å². The van der Waals surface area contributed by atoms with Gasteiger partial charge in [0.2, 0.25) is 5.91 Å². The number of aromatic hydroxyl groups is 1. The zero-order valence-electron chi connectivity index (χ0n) is 25.8. The van der Waals surface area contributed by atoms with E-state index in [4.69, 9.17) is 9.16 Å². The van der Waals surface area contributed by atoms with Crippen LogP contribution in [-0.2, 0) is 9.22 Å². The number of aryl methyl sites for hydroxylation is 1. The Morgan fingerprint density at radius 3 is 2.23 bits per heavy atom. The zero-order valence-corrected chi connectivity index (χ0v) is 26.8. The van der Waals surface area contributed by atoms with Crippen molar-refractivity contribution in [3.8, 4) is 11.5 Å². The number of phenolic OH excluding ortho intramolecular Hbond substituents is 1. The molecule has 2 saturated carbocycles. The molecule has 0 aromatic heterocycles. The Bertz CT molecular complexity index is 1140. The number of carbonyl (C=O) groups excluding carboxylic acids is 1. The van der Waals surface area contributed by atoms with Crippen molar-refractivity contribution in [1.82, 2.24) is 0 Å². The molecule has 5 nitrogen and oxygen atoms in total. The molecule has 0 spiro atoms. The summed E-state index contributed by atoms with van der Waals surface area (Å²) in [4.78, 5) is 16.0. The van der Waals surface area contributed by atoms with Gasteiger partial charge in [0.05, 0.1) is 7.11 Å². The van der Waals surface area contributed by atoms with Crippen LogP contribution in [0.2, 0.25) is 18.1 Å². The van der Waals surface area contributed by atoms with Gasteiger partial charge in [0, 0.05) is 30.3 Å². The van der Waals surface area contributed by atoms with Gasteiger partial charge in [-0.15, -0.1) is 0 Å². The van der Waals surface area contributed by atoms with Crippen molar-refractivity contribution in [3.05, 3.63) is 53.6 Å². The number of hydrogen-bond acceptors (Lipinski definition) is 4. The second-order valence-electron chi connectivity index (χ2n) is 13.8. The van der Waals surface area contributed by atoms with Crippen molar-refractivity contribution < 1.29 is 19.1 Å². The van der Waals surface area contributed by atoms with Crippen molar-refractivity contribution in [2.45, 2.75) is 109 Å². The molecule has 0 bridgehead atoms. The molecule has 6 heteroatoms. The molecule has 2 aliphatic carbocycles. The number of rotatable bonds is 8. The first kappa shape index (κ1) is 30.6. The fraction of sp³-hybridized carbons (Fsp3) is 0.618. The Morgan fingerprint density at radius 1 is 0.975 bits per heavy atom. The van der Waals surface area contributed by atoms with E-state index in [1.54, 1.807) is 19.2 Å². The molecule has 0 unspecified atom stereocenters. The van der Waals surface area contributed by atoms with Gasteiger partial charge in [0.15, 0.2) is 8.32 Å².